The van der Waals surface area contributed by atoms with Gasteiger partial charge in [0.05, 0.1) is 4.90 Å². The van der Waals surface area contributed by atoms with Crippen LogP contribution in [-0.4, -0.2) is 62.0 Å². The molecule has 0 amide bonds. The Labute approximate surface area is 177 Å². The lowest BCUT2D eigenvalue weighted by molar-refractivity contribution is 0.382. The molecule has 2 saturated heterocycles. The zero-order valence-electron chi connectivity index (χ0n) is 16.8. The van der Waals surface area contributed by atoms with Crippen LogP contribution < -0.4 is 9.80 Å². The van der Waals surface area contributed by atoms with E-state index in [-0.39, 0.29) is 4.90 Å². The van der Waals surface area contributed by atoms with E-state index < -0.39 is 10.0 Å². The minimum absolute atomic E-state index is 0.279. The standard InChI is InChI=1S/C20H26ClN5O2S/c1-15-14-19(24-8-3-4-9-24)23-20(22-15)25-10-12-26(13-11-25)29(27,28)18-7-5-6-17(21)16(18)2/h5-7,14H,3-4,8-13H2,1-2H3. The van der Waals surface area contributed by atoms with Crippen LogP contribution in [0.15, 0.2) is 29.2 Å². The first kappa shape index (κ1) is 20.4. The van der Waals surface area contributed by atoms with E-state index in [0.29, 0.717) is 42.7 Å². The summed E-state index contributed by atoms with van der Waals surface area (Å²) in [6.45, 7) is 7.68. The van der Waals surface area contributed by atoms with Gasteiger partial charge in [0.1, 0.15) is 5.82 Å². The van der Waals surface area contributed by atoms with Crippen LogP contribution in [0, 0.1) is 13.8 Å². The fourth-order valence-electron chi connectivity index (χ4n) is 3.92. The Hall–Kier alpha value is -1.90. The van der Waals surface area contributed by atoms with Crippen molar-refractivity contribution in [2.45, 2.75) is 31.6 Å². The third-order valence-electron chi connectivity index (χ3n) is 5.62. The molecular formula is C20H26ClN5O2S. The van der Waals surface area contributed by atoms with Gasteiger partial charge in [-0.15, -0.1) is 0 Å². The molecular weight excluding hydrogens is 410 g/mol. The first-order chi connectivity index (χ1) is 13.9. The lowest BCUT2D eigenvalue weighted by atomic mass is 10.2. The summed E-state index contributed by atoms with van der Waals surface area (Å²) in [5.41, 5.74) is 1.52. The summed E-state index contributed by atoms with van der Waals surface area (Å²) >= 11 is 6.13. The predicted octanol–water partition coefficient (Wildman–Crippen LogP) is 2.86. The van der Waals surface area contributed by atoms with E-state index in [1.165, 1.54) is 17.1 Å². The molecule has 9 heteroatoms. The molecule has 0 bridgehead atoms. The zero-order valence-corrected chi connectivity index (χ0v) is 18.4. The van der Waals surface area contributed by atoms with Crippen molar-refractivity contribution in [1.29, 1.82) is 0 Å². The first-order valence-corrected chi connectivity index (χ1v) is 11.8. The average molecular weight is 436 g/mol. The third-order valence-corrected chi connectivity index (χ3v) is 8.07. The Kier molecular flexibility index (Phi) is 5.68. The van der Waals surface area contributed by atoms with E-state index in [9.17, 15) is 8.42 Å². The van der Waals surface area contributed by atoms with E-state index in [2.05, 4.69) is 14.8 Å². The van der Waals surface area contributed by atoms with Crippen LogP contribution in [0.25, 0.3) is 0 Å². The molecule has 3 heterocycles. The number of hydrogen-bond acceptors (Lipinski definition) is 6. The minimum Gasteiger partial charge on any atom is -0.356 e. The van der Waals surface area contributed by atoms with Gasteiger partial charge >= 0.3 is 0 Å². The lowest BCUT2D eigenvalue weighted by Crippen LogP contribution is -2.49. The molecule has 4 rings (SSSR count). The van der Waals surface area contributed by atoms with Gasteiger partial charge in [0.15, 0.2) is 0 Å². The summed E-state index contributed by atoms with van der Waals surface area (Å²) in [4.78, 5) is 14.0. The normalized spacial score (nSPS) is 18.4. The molecule has 0 N–H and O–H groups in total. The smallest absolute Gasteiger partial charge is 0.243 e. The van der Waals surface area contributed by atoms with Gasteiger partial charge < -0.3 is 9.80 Å². The van der Waals surface area contributed by atoms with Crippen molar-refractivity contribution in [3.8, 4) is 0 Å². The topological polar surface area (TPSA) is 69.6 Å². The summed E-state index contributed by atoms with van der Waals surface area (Å²) in [6, 6.07) is 7.03. The Morgan fingerprint density at radius 1 is 0.931 bits per heavy atom. The predicted molar refractivity (Wildman–Crippen MR) is 115 cm³/mol. The monoisotopic (exact) mass is 435 g/mol. The second-order valence-corrected chi connectivity index (χ2v) is 9.93. The number of halogens is 1. The summed E-state index contributed by atoms with van der Waals surface area (Å²) in [5.74, 6) is 1.65. The molecule has 1 aromatic heterocycles. The van der Waals surface area contributed by atoms with E-state index in [1.54, 1.807) is 25.1 Å². The number of rotatable bonds is 4. The molecule has 7 nitrogen and oxygen atoms in total. The Balaban J connectivity index is 1.50. The van der Waals surface area contributed by atoms with Crippen LogP contribution in [0.1, 0.15) is 24.1 Å². The van der Waals surface area contributed by atoms with Crippen LogP contribution >= 0.6 is 11.6 Å². The number of piperazine rings is 1. The van der Waals surface area contributed by atoms with Gasteiger partial charge in [-0.2, -0.15) is 9.29 Å². The summed E-state index contributed by atoms with van der Waals surface area (Å²) in [6.07, 6.45) is 2.38. The van der Waals surface area contributed by atoms with Crippen molar-refractivity contribution in [3.63, 3.8) is 0 Å². The molecule has 2 aliphatic rings. The van der Waals surface area contributed by atoms with E-state index in [0.717, 1.165) is 24.6 Å². The highest BCUT2D eigenvalue weighted by Gasteiger charge is 2.31. The van der Waals surface area contributed by atoms with Gasteiger partial charge in [-0.25, -0.2) is 13.4 Å². The second kappa shape index (κ2) is 8.08. The maximum Gasteiger partial charge on any atom is 0.243 e. The maximum absolute atomic E-state index is 13.1. The molecule has 2 aliphatic heterocycles. The number of aromatic nitrogens is 2. The highest BCUT2D eigenvalue weighted by molar-refractivity contribution is 7.89. The number of sulfonamides is 1. The molecule has 0 saturated carbocycles. The molecule has 0 atom stereocenters. The van der Waals surface area contributed by atoms with Crippen LogP contribution in [0.2, 0.25) is 5.02 Å². The van der Waals surface area contributed by atoms with Crippen LogP contribution in [-0.2, 0) is 10.0 Å². The van der Waals surface area contributed by atoms with Crippen LogP contribution in [0.4, 0.5) is 11.8 Å². The third kappa shape index (κ3) is 4.06. The quantitative estimate of drug-likeness (QED) is 0.735. The summed E-state index contributed by atoms with van der Waals surface area (Å²) < 4.78 is 27.7. The first-order valence-electron chi connectivity index (χ1n) is 9.97. The van der Waals surface area contributed by atoms with E-state index in [4.69, 9.17) is 16.6 Å². The molecule has 0 unspecified atom stereocenters. The van der Waals surface area contributed by atoms with Gasteiger partial charge in [0.2, 0.25) is 16.0 Å². The second-order valence-electron chi connectivity index (χ2n) is 7.62. The molecule has 2 aromatic rings. The number of aryl methyl sites for hydroxylation is 1. The molecule has 0 aliphatic carbocycles. The molecule has 1 aromatic carbocycles. The van der Waals surface area contributed by atoms with Crippen molar-refractivity contribution >= 4 is 33.4 Å². The number of benzene rings is 1. The molecule has 156 valence electrons. The van der Waals surface area contributed by atoms with Crippen molar-refractivity contribution < 1.29 is 8.42 Å². The maximum atomic E-state index is 13.1. The average Bonchev–Trinajstić information content (AvgIpc) is 3.24. The van der Waals surface area contributed by atoms with E-state index >= 15 is 0 Å². The highest BCUT2D eigenvalue weighted by atomic mass is 35.5. The van der Waals surface area contributed by atoms with Gasteiger partial charge in [0, 0.05) is 56.1 Å². The zero-order chi connectivity index (χ0) is 20.6. The van der Waals surface area contributed by atoms with Gasteiger partial charge in [-0.3, -0.25) is 0 Å². The molecule has 2 fully saturated rings. The number of nitrogens with zero attached hydrogens (tertiary/aromatic N) is 5. The Morgan fingerprint density at radius 3 is 2.31 bits per heavy atom. The van der Waals surface area contributed by atoms with Crippen molar-refractivity contribution in [2.24, 2.45) is 0 Å². The fourth-order valence-corrected chi connectivity index (χ4v) is 5.82. The molecule has 0 radical (unpaired) electrons. The highest BCUT2D eigenvalue weighted by Crippen LogP contribution is 2.27. The van der Waals surface area contributed by atoms with Gasteiger partial charge in [-0.05, 0) is 44.4 Å². The molecule has 0 spiro atoms. The Morgan fingerprint density at radius 2 is 1.62 bits per heavy atom. The number of hydrogen-bond donors (Lipinski definition) is 0. The number of anilines is 2. The Bertz CT molecular complexity index is 1000. The SMILES string of the molecule is Cc1cc(N2CCCC2)nc(N2CCN(S(=O)(=O)c3cccc(Cl)c3C)CC2)n1. The lowest BCUT2D eigenvalue weighted by Gasteiger charge is -2.34. The van der Waals surface area contributed by atoms with Gasteiger partial charge in [-0.1, -0.05) is 17.7 Å². The summed E-state index contributed by atoms with van der Waals surface area (Å²) in [5, 5.41) is 0.465. The fraction of sp³-hybridized carbons (Fsp3) is 0.500. The van der Waals surface area contributed by atoms with Crippen molar-refractivity contribution in [1.82, 2.24) is 14.3 Å². The minimum atomic E-state index is -3.58. The largest absolute Gasteiger partial charge is 0.356 e. The van der Waals surface area contributed by atoms with Crippen LogP contribution in [0.3, 0.4) is 0 Å². The summed E-state index contributed by atoms with van der Waals surface area (Å²) in [7, 11) is -3.58. The van der Waals surface area contributed by atoms with Gasteiger partial charge in [0.25, 0.3) is 0 Å². The van der Waals surface area contributed by atoms with E-state index in [1.807, 2.05) is 13.0 Å². The molecule has 29 heavy (non-hydrogen) atoms. The van der Waals surface area contributed by atoms with Crippen molar-refractivity contribution in [2.75, 3.05) is 49.1 Å². The van der Waals surface area contributed by atoms with Crippen LogP contribution in [0.5, 0.6) is 0 Å². The van der Waals surface area contributed by atoms with Crippen molar-refractivity contribution in [3.05, 3.63) is 40.5 Å².